The van der Waals surface area contributed by atoms with Gasteiger partial charge < -0.3 is 14.2 Å². The first kappa shape index (κ1) is 72.1. The smallest absolute Gasteiger partial charge is 0.306 e. The van der Waals surface area contributed by atoms with Gasteiger partial charge in [0, 0.05) is 19.3 Å². The quantitative estimate of drug-likeness (QED) is 0.0261. The SMILES string of the molecule is CC/C=C\C/C=C\C/C=C\C/C=C\C/C=C\C/C=C\C/C=C\CCCCCCCCCCCCCC(=O)OCC(COC(=O)CCCCCCC/C=C\CCC)OC(=O)CCCCCCC/C=C\CCCCCCCC. The van der Waals surface area contributed by atoms with Gasteiger partial charge >= 0.3 is 17.9 Å². The second-order valence-corrected chi connectivity index (χ2v) is 20.9. The highest BCUT2D eigenvalue weighted by Crippen LogP contribution is 2.15. The Morgan fingerprint density at radius 3 is 0.868 bits per heavy atom. The topological polar surface area (TPSA) is 78.9 Å². The fraction of sp³-hybridized carbons (Fsp3) is 0.700. The lowest BCUT2D eigenvalue weighted by Gasteiger charge is -2.18. The van der Waals surface area contributed by atoms with Crippen molar-refractivity contribution in [3.63, 3.8) is 0 Å². The standard InChI is InChI=1S/C70H118O6/c1-4-7-10-13-16-19-22-24-26-27-28-29-30-31-32-33-34-35-36-37-38-39-40-41-42-43-45-46-48-51-54-57-60-63-69(72)75-66-67(65-74-68(71)62-59-56-53-50-21-18-15-12-9-6-3)76-70(73)64-61-58-55-52-49-47-44-25-23-20-17-14-11-8-5-2/h7,10,12,15-16,19,24-26,28-29,31-32,34-35,37-38,44,67H,4-6,8-9,11,13-14,17-18,20-23,27,30,33,36,39-43,45-66H2,1-3H3/b10-7-,15-12-,19-16-,26-24-,29-28-,32-31-,35-34-,38-37-,44-25-. The van der Waals surface area contributed by atoms with Crippen LogP contribution < -0.4 is 0 Å². The zero-order chi connectivity index (χ0) is 55.0. The van der Waals surface area contributed by atoms with Crippen LogP contribution in [0.4, 0.5) is 0 Å². The lowest BCUT2D eigenvalue weighted by Crippen LogP contribution is -2.30. The van der Waals surface area contributed by atoms with Crippen molar-refractivity contribution in [2.75, 3.05) is 13.2 Å². The third-order valence-corrected chi connectivity index (χ3v) is 13.5. The molecule has 6 heteroatoms. The second-order valence-electron chi connectivity index (χ2n) is 20.9. The number of ether oxygens (including phenoxy) is 3. The monoisotopic (exact) mass is 1050 g/mol. The van der Waals surface area contributed by atoms with Crippen LogP contribution in [-0.2, 0) is 28.6 Å². The van der Waals surface area contributed by atoms with Gasteiger partial charge in [-0.15, -0.1) is 0 Å². The van der Waals surface area contributed by atoms with E-state index >= 15 is 0 Å². The van der Waals surface area contributed by atoms with Gasteiger partial charge in [-0.2, -0.15) is 0 Å². The van der Waals surface area contributed by atoms with Crippen LogP contribution in [0.2, 0.25) is 0 Å². The van der Waals surface area contributed by atoms with E-state index in [1.165, 1.54) is 128 Å². The molecule has 0 spiro atoms. The molecule has 0 aliphatic rings. The molecule has 434 valence electrons. The molecular weight excluding hydrogens is 937 g/mol. The summed E-state index contributed by atoms with van der Waals surface area (Å²) in [5.41, 5.74) is 0. The Morgan fingerprint density at radius 2 is 0.539 bits per heavy atom. The minimum atomic E-state index is -0.786. The van der Waals surface area contributed by atoms with Gasteiger partial charge in [0.15, 0.2) is 6.10 Å². The molecule has 76 heavy (non-hydrogen) atoms. The highest BCUT2D eigenvalue weighted by molar-refractivity contribution is 5.71. The van der Waals surface area contributed by atoms with Crippen LogP contribution in [0.1, 0.15) is 297 Å². The van der Waals surface area contributed by atoms with Crippen LogP contribution in [0.3, 0.4) is 0 Å². The molecule has 0 radical (unpaired) electrons. The summed E-state index contributed by atoms with van der Waals surface area (Å²) < 4.78 is 16.9. The average molecular weight is 1060 g/mol. The van der Waals surface area contributed by atoms with Crippen molar-refractivity contribution in [1.29, 1.82) is 0 Å². The van der Waals surface area contributed by atoms with Crippen LogP contribution in [0.5, 0.6) is 0 Å². The van der Waals surface area contributed by atoms with E-state index in [4.69, 9.17) is 14.2 Å². The molecule has 6 nitrogen and oxygen atoms in total. The highest BCUT2D eigenvalue weighted by atomic mass is 16.6. The molecule has 0 fully saturated rings. The molecule has 0 rings (SSSR count). The summed E-state index contributed by atoms with van der Waals surface area (Å²) in [4.78, 5) is 38.1. The molecule has 0 aliphatic carbocycles. The van der Waals surface area contributed by atoms with Gasteiger partial charge in [-0.3, -0.25) is 14.4 Å². The van der Waals surface area contributed by atoms with E-state index in [9.17, 15) is 14.4 Å². The van der Waals surface area contributed by atoms with Gasteiger partial charge in [0.25, 0.3) is 0 Å². The van der Waals surface area contributed by atoms with Gasteiger partial charge in [0.1, 0.15) is 13.2 Å². The van der Waals surface area contributed by atoms with E-state index in [1.807, 2.05) is 0 Å². The number of carbonyl (C=O) groups is 3. The summed E-state index contributed by atoms with van der Waals surface area (Å²) in [6.45, 7) is 6.45. The first-order valence-corrected chi connectivity index (χ1v) is 31.9. The fourth-order valence-corrected chi connectivity index (χ4v) is 8.71. The molecule has 0 aromatic carbocycles. The summed E-state index contributed by atoms with van der Waals surface area (Å²) in [7, 11) is 0. The van der Waals surface area contributed by atoms with Crippen LogP contribution in [0.25, 0.3) is 0 Å². The second kappa shape index (κ2) is 63.6. The predicted octanol–water partition coefficient (Wildman–Crippen LogP) is 21.8. The summed E-state index contributed by atoms with van der Waals surface area (Å²) in [5.74, 6) is -0.902. The Balaban J connectivity index is 4.17. The van der Waals surface area contributed by atoms with Crippen molar-refractivity contribution in [2.45, 2.75) is 303 Å². The van der Waals surface area contributed by atoms with Crippen molar-refractivity contribution < 1.29 is 28.6 Å². The maximum atomic E-state index is 12.8. The van der Waals surface area contributed by atoms with Gasteiger partial charge in [-0.25, -0.2) is 0 Å². The van der Waals surface area contributed by atoms with E-state index in [1.54, 1.807) is 0 Å². The van der Waals surface area contributed by atoms with Crippen molar-refractivity contribution in [3.8, 4) is 0 Å². The molecule has 0 aromatic rings. The van der Waals surface area contributed by atoms with Crippen LogP contribution in [0.15, 0.2) is 109 Å². The number of unbranched alkanes of at least 4 members (excludes halogenated alkanes) is 28. The lowest BCUT2D eigenvalue weighted by atomic mass is 10.0. The van der Waals surface area contributed by atoms with E-state index in [0.29, 0.717) is 19.3 Å². The Kier molecular flexibility index (Phi) is 60.3. The molecule has 0 saturated carbocycles. The summed E-state index contributed by atoms with van der Waals surface area (Å²) in [6, 6.07) is 0. The number of allylic oxidation sites excluding steroid dienone is 18. The van der Waals surface area contributed by atoms with Crippen LogP contribution >= 0.6 is 0 Å². The normalized spacial score (nSPS) is 12.8. The first-order valence-electron chi connectivity index (χ1n) is 31.9. The third kappa shape index (κ3) is 60.9. The summed E-state index contributed by atoms with van der Waals surface area (Å²) in [5, 5.41) is 0. The van der Waals surface area contributed by atoms with E-state index in [-0.39, 0.29) is 31.1 Å². The van der Waals surface area contributed by atoms with Gasteiger partial charge in [0.05, 0.1) is 0 Å². The molecule has 0 aliphatic heterocycles. The Morgan fingerprint density at radius 1 is 0.276 bits per heavy atom. The van der Waals surface area contributed by atoms with Crippen molar-refractivity contribution >= 4 is 17.9 Å². The fourth-order valence-electron chi connectivity index (χ4n) is 8.71. The average Bonchev–Trinajstić information content (AvgIpc) is 3.42. The number of rotatable bonds is 57. The van der Waals surface area contributed by atoms with E-state index in [2.05, 4.69) is 130 Å². The Hall–Kier alpha value is -3.93. The maximum absolute atomic E-state index is 12.8. The number of carbonyl (C=O) groups excluding carboxylic acids is 3. The zero-order valence-corrected chi connectivity index (χ0v) is 49.7. The highest BCUT2D eigenvalue weighted by Gasteiger charge is 2.19. The largest absolute Gasteiger partial charge is 0.462 e. The van der Waals surface area contributed by atoms with Gasteiger partial charge in [-0.1, -0.05) is 265 Å². The minimum absolute atomic E-state index is 0.0846. The third-order valence-electron chi connectivity index (χ3n) is 13.5. The minimum Gasteiger partial charge on any atom is -0.462 e. The molecule has 0 heterocycles. The molecule has 0 bridgehead atoms. The Labute approximate surface area is 470 Å². The van der Waals surface area contributed by atoms with Crippen molar-refractivity contribution in [2.24, 2.45) is 0 Å². The molecule has 1 unspecified atom stereocenters. The van der Waals surface area contributed by atoms with Crippen LogP contribution in [-0.4, -0.2) is 37.2 Å². The first-order chi connectivity index (χ1) is 37.5. The van der Waals surface area contributed by atoms with Crippen molar-refractivity contribution in [3.05, 3.63) is 109 Å². The lowest BCUT2D eigenvalue weighted by molar-refractivity contribution is -0.167. The van der Waals surface area contributed by atoms with Gasteiger partial charge in [-0.05, 0) is 122 Å². The molecule has 0 amide bonds. The van der Waals surface area contributed by atoms with E-state index in [0.717, 1.165) is 128 Å². The molecular formula is C70H118O6. The molecule has 1 atom stereocenters. The summed E-state index contributed by atoms with van der Waals surface area (Å²) in [6.07, 6.45) is 86.8. The van der Waals surface area contributed by atoms with E-state index < -0.39 is 6.10 Å². The maximum Gasteiger partial charge on any atom is 0.306 e. The Bertz CT molecular complexity index is 1540. The van der Waals surface area contributed by atoms with Crippen LogP contribution in [0, 0.1) is 0 Å². The number of hydrogen-bond donors (Lipinski definition) is 0. The molecule has 0 aromatic heterocycles. The number of hydrogen-bond acceptors (Lipinski definition) is 6. The number of esters is 3. The molecule has 0 saturated heterocycles. The molecule has 0 N–H and O–H groups in total. The zero-order valence-electron chi connectivity index (χ0n) is 49.7. The predicted molar refractivity (Wildman–Crippen MR) is 330 cm³/mol. The van der Waals surface area contributed by atoms with Gasteiger partial charge in [0.2, 0.25) is 0 Å². The van der Waals surface area contributed by atoms with Crippen molar-refractivity contribution in [1.82, 2.24) is 0 Å². The summed E-state index contributed by atoms with van der Waals surface area (Å²) >= 11 is 0.